The lowest BCUT2D eigenvalue weighted by Gasteiger charge is -2.16. The first-order valence-corrected chi connectivity index (χ1v) is 16.4. The number of thioether (sulfide) groups is 1. The Kier molecular flexibility index (Phi) is 11.0. The number of nitro groups is 2. The predicted octanol–water partition coefficient (Wildman–Crippen LogP) is 2.24. The zero-order valence-electron chi connectivity index (χ0n) is 27.4. The van der Waals surface area contributed by atoms with Crippen LogP contribution in [-0.4, -0.2) is 52.6 Å². The van der Waals surface area contributed by atoms with Gasteiger partial charge in [0, 0.05) is 78.6 Å². The van der Waals surface area contributed by atoms with Gasteiger partial charge >= 0.3 is 0 Å². The highest BCUT2D eigenvalue weighted by molar-refractivity contribution is 8.03. The molecule has 3 amide bonds. The van der Waals surface area contributed by atoms with Crippen molar-refractivity contribution < 1.29 is 41.2 Å². The fourth-order valence-electron chi connectivity index (χ4n) is 5.89. The number of non-ortho nitro benzene ring substituents is 1. The van der Waals surface area contributed by atoms with E-state index in [1.54, 1.807) is 31.2 Å². The molecule has 1 atom stereocenters. The molecule has 0 radical (unpaired) electrons. The lowest BCUT2D eigenvalue weighted by Crippen LogP contribution is -3.00. The molecular formula is C36H31ClN6O7S. The Morgan fingerprint density at radius 3 is 2.47 bits per heavy atom. The molecule has 0 fully saturated rings. The van der Waals surface area contributed by atoms with Gasteiger partial charge in [0.2, 0.25) is 11.4 Å². The number of para-hydroxylation sites is 1. The summed E-state index contributed by atoms with van der Waals surface area (Å²) in [5.74, 6) is -2.21. The van der Waals surface area contributed by atoms with Crippen LogP contribution in [0.1, 0.15) is 29.5 Å². The highest BCUT2D eigenvalue weighted by Crippen LogP contribution is 2.46. The van der Waals surface area contributed by atoms with E-state index in [-0.39, 0.29) is 42.4 Å². The molecule has 0 bridgehead atoms. The van der Waals surface area contributed by atoms with Crippen molar-refractivity contribution in [3.05, 3.63) is 139 Å². The lowest BCUT2D eigenvalue weighted by molar-refractivity contribution is -0.662. The molecule has 0 saturated heterocycles. The summed E-state index contributed by atoms with van der Waals surface area (Å²) in [4.78, 5) is 62.6. The van der Waals surface area contributed by atoms with Gasteiger partial charge in [-0.2, -0.15) is 4.57 Å². The maximum absolute atomic E-state index is 12.9. The number of halogens is 1. The molecule has 0 saturated carbocycles. The van der Waals surface area contributed by atoms with Gasteiger partial charge < -0.3 is 22.6 Å². The fourth-order valence-corrected chi connectivity index (χ4v) is 6.99. The van der Waals surface area contributed by atoms with Crippen LogP contribution in [0.25, 0.3) is 17.0 Å². The van der Waals surface area contributed by atoms with Crippen LogP contribution in [0.4, 0.5) is 17.1 Å². The Hall–Kier alpha value is -5.86. The number of carbonyl (C=O) groups is 3. The molecule has 3 aromatic carbocycles. The molecule has 0 aliphatic carbocycles. The van der Waals surface area contributed by atoms with Gasteiger partial charge in [0.25, 0.3) is 23.2 Å². The SMILES string of the molecule is CC(C(=O)NCCN1C(=O)C=CC1=O)c1ccc(C[n+]2ccc(/C=C/C=C3\Sc4cc([N+](=O)[O-])ccc4N3C)c3ccccc32)cc1[N+](=O)[O-].[Cl-]. The molecule has 15 heteroatoms. The minimum absolute atomic E-state index is 0. The number of hydrogen-bond acceptors (Lipinski definition) is 9. The van der Waals surface area contributed by atoms with E-state index in [0.717, 1.165) is 37.0 Å². The summed E-state index contributed by atoms with van der Waals surface area (Å²) in [5.41, 5.74) is 3.58. The Labute approximate surface area is 302 Å². The van der Waals surface area contributed by atoms with Crippen molar-refractivity contribution >= 4 is 63.5 Å². The zero-order valence-corrected chi connectivity index (χ0v) is 29.0. The number of carbonyl (C=O) groups excluding carboxylic acids is 3. The number of aromatic nitrogens is 1. The van der Waals surface area contributed by atoms with Crippen LogP contribution in [0.15, 0.2) is 107 Å². The second-order valence-electron chi connectivity index (χ2n) is 11.7. The average molecular weight is 727 g/mol. The second-order valence-corrected chi connectivity index (χ2v) is 12.7. The number of hydrogen-bond donors (Lipinski definition) is 1. The highest BCUT2D eigenvalue weighted by Gasteiger charge is 2.28. The van der Waals surface area contributed by atoms with Crippen molar-refractivity contribution in [1.29, 1.82) is 0 Å². The smallest absolute Gasteiger partial charge is 0.273 e. The quantitative estimate of drug-likeness (QED) is 0.106. The van der Waals surface area contributed by atoms with Gasteiger partial charge in [0.15, 0.2) is 12.7 Å². The van der Waals surface area contributed by atoms with Gasteiger partial charge in [-0.25, -0.2) is 0 Å². The molecular weight excluding hydrogens is 696 g/mol. The van der Waals surface area contributed by atoms with E-state index in [1.807, 2.05) is 71.3 Å². The fraction of sp³-hybridized carbons (Fsp3) is 0.167. The number of pyridine rings is 1. The number of nitrogens with one attached hydrogen (secondary N) is 1. The highest BCUT2D eigenvalue weighted by atomic mass is 35.5. The third-order valence-electron chi connectivity index (χ3n) is 8.57. The first-order chi connectivity index (χ1) is 24.0. The normalized spacial score (nSPS) is 15.1. The van der Waals surface area contributed by atoms with Crippen LogP contribution in [0.2, 0.25) is 0 Å². The Bertz CT molecular complexity index is 2170. The van der Waals surface area contributed by atoms with Crippen molar-refractivity contribution in [3.8, 4) is 0 Å². The molecule has 51 heavy (non-hydrogen) atoms. The lowest BCUT2D eigenvalue weighted by atomic mass is 9.96. The molecule has 13 nitrogen and oxygen atoms in total. The van der Waals surface area contributed by atoms with Crippen LogP contribution in [0, 0.1) is 20.2 Å². The van der Waals surface area contributed by atoms with E-state index >= 15 is 0 Å². The van der Waals surface area contributed by atoms with E-state index in [2.05, 4.69) is 5.32 Å². The first kappa shape index (κ1) is 36.4. The van der Waals surface area contributed by atoms with Gasteiger partial charge in [0.05, 0.1) is 31.9 Å². The summed E-state index contributed by atoms with van der Waals surface area (Å²) < 4.78 is 2.00. The molecule has 2 aliphatic rings. The number of fused-ring (bicyclic) bond motifs is 2. The molecule has 3 heterocycles. The molecule has 2 aliphatic heterocycles. The van der Waals surface area contributed by atoms with Crippen LogP contribution >= 0.6 is 11.8 Å². The van der Waals surface area contributed by atoms with E-state index in [4.69, 9.17) is 0 Å². The third kappa shape index (κ3) is 7.66. The predicted molar refractivity (Wildman–Crippen MR) is 188 cm³/mol. The van der Waals surface area contributed by atoms with E-state index < -0.39 is 33.5 Å². The van der Waals surface area contributed by atoms with Crippen LogP contribution in [-0.2, 0) is 20.9 Å². The zero-order chi connectivity index (χ0) is 35.5. The average Bonchev–Trinajstić information content (AvgIpc) is 3.60. The largest absolute Gasteiger partial charge is 1.00 e. The van der Waals surface area contributed by atoms with Gasteiger partial charge in [-0.05, 0) is 30.7 Å². The first-order valence-electron chi connectivity index (χ1n) is 15.6. The maximum Gasteiger partial charge on any atom is 0.273 e. The molecule has 260 valence electrons. The number of nitro benzene ring substituents is 2. The van der Waals surface area contributed by atoms with Crippen LogP contribution in [0.3, 0.4) is 0 Å². The second kappa shape index (κ2) is 15.4. The van der Waals surface area contributed by atoms with Crippen molar-refractivity contribution in [2.45, 2.75) is 24.3 Å². The van der Waals surface area contributed by atoms with Gasteiger partial charge in [-0.15, -0.1) is 0 Å². The van der Waals surface area contributed by atoms with Gasteiger partial charge in [-0.3, -0.25) is 39.5 Å². The molecule has 1 N–H and O–H groups in total. The minimum Gasteiger partial charge on any atom is -1.00 e. The van der Waals surface area contributed by atoms with Crippen molar-refractivity contribution in [1.82, 2.24) is 10.2 Å². The molecule has 1 unspecified atom stereocenters. The Morgan fingerprint density at radius 2 is 1.75 bits per heavy atom. The summed E-state index contributed by atoms with van der Waals surface area (Å²) in [5, 5.41) is 27.9. The summed E-state index contributed by atoms with van der Waals surface area (Å²) in [6.07, 6.45) is 10.1. The summed E-state index contributed by atoms with van der Waals surface area (Å²) in [6, 6.07) is 19.5. The van der Waals surface area contributed by atoms with Gasteiger partial charge in [0.1, 0.15) is 0 Å². The standard InChI is InChI=1S/C36H30N6O7S.ClH/c1-23(36(45)37-17-19-40-33(43)14-15-34(40)44)27-12-10-24(20-31(27)42(48)49)22-39-18-16-25(28-7-3-4-8-29(28)39)6-5-9-35-38(2)30-13-11-26(41(46)47)21-32(30)50-35;/h3-16,18,20-21,23H,17,19,22H2,1-2H3;1H. The maximum atomic E-state index is 12.9. The monoisotopic (exact) mass is 726 g/mol. The summed E-state index contributed by atoms with van der Waals surface area (Å²) in [6.45, 7) is 1.94. The Balaban J connectivity index is 0.00000504. The van der Waals surface area contributed by atoms with Crippen LogP contribution < -0.4 is 27.2 Å². The number of benzene rings is 3. The van der Waals surface area contributed by atoms with Gasteiger partial charge in [-0.1, -0.05) is 48.2 Å². The number of amides is 3. The van der Waals surface area contributed by atoms with Crippen LogP contribution in [0.5, 0.6) is 0 Å². The molecule has 0 spiro atoms. The molecule has 4 aromatic rings. The van der Waals surface area contributed by atoms with E-state index in [0.29, 0.717) is 12.1 Å². The van der Waals surface area contributed by atoms with Crippen molar-refractivity contribution in [2.24, 2.45) is 0 Å². The summed E-state index contributed by atoms with van der Waals surface area (Å²) >= 11 is 1.46. The number of nitrogens with zero attached hydrogens (tertiary/aromatic N) is 5. The Morgan fingerprint density at radius 1 is 1.00 bits per heavy atom. The van der Waals surface area contributed by atoms with E-state index in [9.17, 15) is 34.6 Å². The number of allylic oxidation sites excluding steroid dienone is 2. The number of rotatable bonds is 11. The molecule has 1 aromatic heterocycles. The van der Waals surface area contributed by atoms with E-state index in [1.165, 1.54) is 36.0 Å². The summed E-state index contributed by atoms with van der Waals surface area (Å²) in [7, 11) is 1.92. The van der Waals surface area contributed by atoms with Crippen molar-refractivity contribution in [2.75, 3.05) is 25.0 Å². The minimum atomic E-state index is -0.850. The number of imide groups is 1. The number of anilines is 1. The molecule has 6 rings (SSSR count). The topological polar surface area (TPSA) is 160 Å². The third-order valence-corrected chi connectivity index (χ3v) is 9.74. The van der Waals surface area contributed by atoms with Crippen molar-refractivity contribution in [3.63, 3.8) is 0 Å².